The largest absolute Gasteiger partial charge is 0.506 e. The van der Waals surface area contributed by atoms with E-state index in [0.29, 0.717) is 11.1 Å². The molecule has 0 spiro atoms. The van der Waals surface area contributed by atoms with Crippen molar-refractivity contribution in [3.05, 3.63) is 149 Å². The molecule has 19 nitrogen and oxygen atoms in total. The monoisotopic (exact) mass is 1010 g/mol. The van der Waals surface area contributed by atoms with Crippen LogP contribution in [0, 0.1) is 26.0 Å². The molecule has 1 aliphatic heterocycles. The van der Waals surface area contributed by atoms with Gasteiger partial charge < -0.3 is 40.0 Å². The van der Waals surface area contributed by atoms with Gasteiger partial charge in [0.15, 0.2) is 17.3 Å². The molecule has 3 heterocycles. The van der Waals surface area contributed by atoms with E-state index in [1.54, 1.807) is 27.0 Å². The number of hydrogen-bond donors (Lipinski definition) is 2. The second-order valence-corrected chi connectivity index (χ2v) is 16.8. The van der Waals surface area contributed by atoms with Gasteiger partial charge in [0, 0.05) is 99.0 Å². The Labute approximate surface area is 407 Å². The van der Waals surface area contributed by atoms with Gasteiger partial charge in [0.1, 0.15) is 41.6 Å². The van der Waals surface area contributed by atoms with Gasteiger partial charge in [-0.25, -0.2) is 4.39 Å². The number of hydrogen-bond acceptors (Lipinski definition) is 16. The molecule has 2 aromatic carbocycles. The molecule has 23 heteroatoms. The number of methoxy groups -OCH3 is 1. The van der Waals surface area contributed by atoms with Crippen LogP contribution in [0.15, 0.2) is 122 Å². The topological polar surface area (TPSA) is 254 Å². The number of benzene rings is 2. The van der Waals surface area contributed by atoms with Crippen LogP contribution in [-0.2, 0) is 31.8 Å². The molecule has 0 fully saturated rings. The molecule has 2 aliphatic carbocycles. The van der Waals surface area contributed by atoms with Gasteiger partial charge in [-0.05, 0) is 94.7 Å². The molecule has 0 bridgehead atoms. The number of aliphatic hydroxyl groups is 2. The number of aliphatic hydroxyl groups excluding tert-OH is 2. The first-order valence-electron chi connectivity index (χ1n) is 20.4. The minimum Gasteiger partial charge on any atom is -0.506 e. The van der Waals surface area contributed by atoms with Crippen molar-refractivity contribution >= 4 is 78.8 Å². The number of anilines is 1. The van der Waals surface area contributed by atoms with Crippen LogP contribution in [0.25, 0.3) is 6.08 Å². The summed E-state index contributed by atoms with van der Waals surface area (Å²) in [5, 5.41) is 54.7. The zero-order chi connectivity index (χ0) is 49.2. The Bertz CT molecular complexity index is 2850. The minimum atomic E-state index is -0.578. The van der Waals surface area contributed by atoms with Crippen molar-refractivity contribution in [2.75, 3.05) is 32.1 Å². The molecule has 3 aliphatic rings. The number of nitrogens with zero attached hydrogens (tertiary/aromatic N) is 10. The van der Waals surface area contributed by atoms with E-state index in [1.165, 1.54) is 18.2 Å². The first kappa shape index (κ1) is 53.4. The summed E-state index contributed by atoms with van der Waals surface area (Å²) in [5.74, 6) is -0.582. The predicted molar refractivity (Wildman–Crippen MR) is 254 cm³/mol. The number of allylic oxidation sites excluding steroid dienone is 7. The third-order valence-corrected chi connectivity index (χ3v) is 12.3. The van der Waals surface area contributed by atoms with Crippen LogP contribution in [0.3, 0.4) is 0 Å². The minimum absolute atomic E-state index is 0. The van der Waals surface area contributed by atoms with Gasteiger partial charge in [-0.2, -0.15) is 4.58 Å². The van der Waals surface area contributed by atoms with Crippen molar-refractivity contribution in [1.29, 1.82) is 0 Å². The maximum Gasteiger partial charge on any atom is 0.319 e. The van der Waals surface area contributed by atoms with Crippen LogP contribution < -0.4 is 29.2 Å². The summed E-state index contributed by atoms with van der Waals surface area (Å²) >= 11 is 1.52. The average molecular weight is 1010 g/mol. The summed E-state index contributed by atoms with van der Waals surface area (Å²) in [6.07, 6.45) is 11.9. The van der Waals surface area contributed by atoms with Gasteiger partial charge in [0.05, 0.1) is 22.4 Å². The van der Waals surface area contributed by atoms with Gasteiger partial charge in [-0.15, -0.1) is 0 Å². The van der Waals surface area contributed by atoms with Gasteiger partial charge in [0.25, 0.3) is 0 Å². The zero-order valence-corrected chi connectivity index (χ0v) is 40.6. The maximum atomic E-state index is 13.9. The summed E-state index contributed by atoms with van der Waals surface area (Å²) < 4.78 is 21.8. The first-order valence-corrected chi connectivity index (χ1v) is 22.0. The van der Waals surface area contributed by atoms with Crippen LogP contribution >= 0.6 is 22.7 Å². The van der Waals surface area contributed by atoms with Crippen LogP contribution in [0.5, 0.6) is 5.75 Å². The molecule has 68 heavy (non-hydrogen) atoms. The van der Waals surface area contributed by atoms with Crippen LogP contribution in [0.4, 0.5) is 25.8 Å². The van der Waals surface area contributed by atoms with Crippen molar-refractivity contribution in [1.82, 2.24) is 9.97 Å². The van der Waals surface area contributed by atoms with Crippen LogP contribution in [0.2, 0.25) is 0 Å². The SMILES string of the molecule is CC1=CC(=O)C=C(O)C1=NN=c1[n-]cc([N+](=O)[O-])s1.CC1=CC(=O)C=C(O)C1=NN=c1[n-]cc([N+](=O)[O-])s1.CCN(CC)c1ccc(/C=C/C2=[N+](C)c3ccc(F)cc3C2(C)CC)c(OC)c1.[Co]. The standard InChI is InChI=1S/C25H32FN2O.2C10H8N4O4S.Co/c1-7-25(4)21-16-19(26)12-14-22(21)27(5)24(25)15-11-18-10-13-20(17-23(18)29-6)28(8-2)9-3;2*1-5-2-6(15)3-7(16)9(5)12-13-10-11-4-8(19-10)14(17)18;/h10-17H,7-9H2,1-6H3;2*2-4H,1H3,(H2,11,13,15,16);/q+1;;;/p-2. The number of nitro groups is 2. The summed E-state index contributed by atoms with van der Waals surface area (Å²) in [5.41, 5.74) is 6.44. The summed E-state index contributed by atoms with van der Waals surface area (Å²) in [6.45, 7) is 13.8. The molecule has 7 rings (SSSR count). The van der Waals surface area contributed by atoms with E-state index in [4.69, 9.17) is 4.74 Å². The molecule has 1 radical (unpaired) electrons. The fourth-order valence-electron chi connectivity index (χ4n) is 7.02. The molecule has 0 saturated carbocycles. The van der Waals surface area contributed by atoms with Crippen molar-refractivity contribution in [3.63, 3.8) is 0 Å². The Morgan fingerprint density at radius 2 is 1.34 bits per heavy atom. The first-order chi connectivity index (χ1) is 31.8. The Hall–Kier alpha value is -7.21. The molecular formula is C45H46CoFN10O9S2-. The fourth-order valence-corrected chi connectivity index (χ4v) is 8.13. The second kappa shape index (κ2) is 23.5. The molecule has 2 N–H and O–H groups in total. The van der Waals surface area contributed by atoms with E-state index < -0.39 is 9.85 Å². The number of halogens is 1. The fraction of sp³-hybridized carbons (Fsp3) is 0.267. The Balaban J connectivity index is 0.000000229. The number of ether oxygens (including phenoxy) is 1. The summed E-state index contributed by atoms with van der Waals surface area (Å²) in [7, 11) is 3.76. The predicted octanol–water partition coefficient (Wildman–Crippen LogP) is 7.47. The average Bonchev–Trinajstić information content (AvgIpc) is 4.01. The Kier molecular flexibility index (Phi) is 18.4. The maximum absolute atomic E-state index is 13.9. The van der Waals surface area contributed by atoms with Crippen molar-refractivity contribution < 1.29 is 60.1 Å². The Morgan fingerprint density at radius 3 is 1.76 bits per heavy atom. The Morgan fingerprint density at radius 1 is 0.824 bits per heavy atom. The van der Waals surface area contributed by atoms with E-state index in [9.17, 15) is 44.4 Å². The smallest absolute Gasteiger partial charge is 0.319 e. The molecule has 1 atom stereocenters. The van der Waals surface area contributed by atoms with E-state index in [-0.39, 0.29) is 82.1 Å². The quantitative estimate of drug-likeness (QED) is 0.0642. The third kappa shape index (κ3) is 12.6. The van der Waals surface area contributed by atoms with Crippen LogP contribution in [-0.4, -0.2) is 80.6 Å². The van der Waals surface area contributed by atoms with Gasteiger partial charge in [-0.1, -0.05) is 29.6 Å². The molecule has 4 aromatic rings. The normalized spacial score (nSPS) is 18.2. The third-order valence-electron chi connectivity index (χ3n) is 10.6. The van der Waals surface area contributed by atoms with Crippen molar-refractivity contribution in [3.8, 4) is 5.75 Å². The van der Waals surface area contributed by atoms with Crippen LogP contribution in [0.1, 0.15) is 59.1 Å². The molecule has 1 unspecified atom stereocenters. The zero-order valence-electron chi connectivity index (χ0n) is 38.0. The molecular weight excluding hydrogens is 967 g/mol. The number of rotatable bonds is 11. The van der Waals surface area contributed by atoms with E-state index in [2.05, 4.69) is 105 Å². The second-order valence-electron chi connectivity index (χ2n) is 14.8. The molecule has 2 aromatic heterocycles. The summed E-state index contributed by atoms with van der Waals surface area (Å²) in [6, 6.07) is 11.4. The number of ketones is 2. The molecule has 0 amide bonds. The van der Waals surface area contributed by atoms with E-state index in [0.717, 1.165) is 101 Å². The van der Waals surface area contributed by atoms with E-state index in [1.807, 2.05) is 6.07 Å². The van der Waals surface area contributed by atoms with Crippen molar-refractivity contribution in [2.45, 2.75) is 53.4 Å². The number of fused-ring (bicyclic) bond motifs is 1. The summed E-state index contributed by atoms with van der Waals surface area (Å²) in [4.78, 5) is 51.9. The molecule has 359 valence electrons. The number of carbonyl (C=O) groups excluding carboxylic acids is 2. The van der Waals surface area contributed by atoms with E-state index >= 15 is 0 Å². The number of aromatic nitrogens is 2. The number of carbonyl (C=O) groups is 2. The number of thiazole rings is 2. The van der Waals surface area contributed by atoms with Gasteiger partial charge in [-0.3, -0.25) is 40.0 Å². The van der Waals surface area contributed by atoms with Gasteiger partial charge in [0.2, 0.25) is 5.69 Å². The molecule has 0 saturated heterocycles. The van der Waals surface area contributed by atoms with Gasteiger partial charge >= 0.3 is 10.0 Å². The van der Waals surface area contributed by atoms with Crippen molar-refractivity contribution in [2.24, 2.45) is 20.4 Å².